The quantitative estimate of drug-likeness (QED) is 0.775. The summed E-state index contributed by atoms with van der Waals surface area (Å²) in [6.07, 6.45) is -1.26. The lowest BCUT2D eigenvalue weighted by Gasteiger charge is -2.14. The number of fused-ring (bicyclic) bond motifs is 1. The Bertz CT molecular complexity index is 839. The first-order valence-electron chi connectivity index (χ1n) is 7.29. The van der Waals surface area contributed by atoms with Crippen LogP contribution in [0.4, 0.5) is 5.69 Å². The lowest BCUT2D eigenvalue weighted by atomic mass is 10.1. The minimum atomic E-state index is -1.26. The van der Waals surface area contributed by atoms with Crippen molar-refractivity contribution in [2.75, 3.05) is 12.4 Å². The van der Waals surface area contributed by atoms with Gasteiger partial charge in [0.1, 0.15) is 5.75 Å². The number of hydrogen-bond donors (Lipinski definition) is 2. The van der Waals surface area contributed by atoms with Gasteiger partial charge in [-0.1, -0.05) is 48.5 Å². The molecule has 0 fully saturated rings. The summed E-state index contributed by atoms with van der Waals surface area (Å²) in [6.45, 7) is 0. The number of nitrogens with one attached hydrogen (secondary N) is 1. The minimum Gasteiger partial charge on any atom is -0.497 e. The van der Waals surface area contributed by atoms with Crippen molar-refractivity contribution in [3.63, 3.8) is 0 Å². The number of amides is 1. The first-order valence-corrected chi connectivity index (χ1v) is 7.29. The van der Waals surface area contributed by atoms with Crippen molar-refractivity contribution in [2.45, 2.75) is 6.10 Å². The van der Waals surface area contributed by atoms with Gasteiger partial charge in [-0.2, -0.15) is 0 Å². The van der Waals surface area contributed by atoms with Crippen molar-refractivity contribution >= 4 is 22.4 Å². The van der Waals surface area contributed by atoms with E-state index in [1.54, 1.807) is 31.4 Å². The molecule has 4 heteroatoms. The normalized spacial score (nSPS) is 11.9. The van der Waals surface area contributed by atoms with E-state index in [9.17, 15) is 9.90 Å². The molecule has 0 bridgehead atoms. The molecule has 0 heterocycles. The fraction of sp³-hybridized carbons (Fsp3) is 0.105. The summed E-state index contributed by atoms with van der Waals surface area (Å²) in [5, 5.41) is 15.0. The van der Waals surface area contributed by atoms with Crippen LogP contribution in [0, 0.1) is 0 Å². The molecule has 1 atom stereocenters. The van der Waals surface area contributed by atoms with E-state index in [2.05, 4.69) is 5.32 Å². The largest absolute Gasteiger partial charge is 0.497 e. The summed E-state index contributed by atoms with van der Waals surface area (Å²) >= 11 is 0. The molecule has 23 heavy (non-hydrogen) atoms. The number of ether oxygens (including phenoxy) is 1. The fourth-order valence-corrected chi connectivity index (χ4v) is 2.50. The molecule has 3 aromatic carbocycles. The summed E-state index contributed by atoms with van der Waals surface area (Å²) in [6, 6.07) is 20.3. The highest BCUT2D eigenvalue weighted by molar-refractivity contribution is 6.03. The lowest BCUT2D eigenvalue weighted by Crippen LogP contribution is -2.20. The Morgan fingerprint density at radius 2 is 1.78 bits per heavy atom. The van der Waals surface area contributed by atoms with Gasteiger partial charge in [0, 0.05) is 11.1 Å². The lowest BCUT2D eigenvalue weighted by molar-refractivity contribution is -0.124. The maximum Gasteiger partial charge on any atom is 0.257 e. The van der Waals surface area contributed by atoms with Gasteiger partial charge in [-0.05, 0) is 29.1 Å². The van der Waals surface area contributed by atoms with Crippen LogP contribution in [-0.4, -0.2) is 18.1 Å². The molecule has 1 amide bonds. The highest BCUT2D eigenvalue weighted by atomic mass is 16.5. The summed E-state index contributed by atoms with van der Waals surface area (Å²) in [5.41, 5.74) is 1.16. The molecule has 0 saturated carbocycles. The Balaban J connectivity index is 1.85. The van der Waals surface area contributed by atoms with Crippen molar-refractivity contribution in [3.8, 4) is 5.75 Å². The van der Waals surface area contributed by atoms with Crippen LogP contribution in [0.25, 0.3) is 10.8 Å². The molecule has 0 saturated heterocycles. The minimum absolute atomic E-state index is 0.477. The van der Waals surface area contributed by atoms with Gasteiger partial charge in [0.2, 0.25) is 0 Å². The first-order chi connectivity index (χ1) is 11.2. The number of carbonyl (C=O) groups excluding carboxylic acids is 1. The van der Waals surface area contributed by atoms with Gasteiger partial charge in [0.15, 0.2) is 6.10 Å². The number of aliphatic hydroxyl groups is 1. The van der Waals surface area contributed by atoms with Crippen LogP contribution in [0.1, 0.15) is 11.7 Å². The maximum atomic E-state index is 12.4. The van der Waals surface area contributed by atoms with Crippen LogP contribution in [-0.2, 0) is 4.79 Å². The number of benzene rings is 3. The van der Waals surface area contributed by atoms with Crippen LogP contribution < -0.4 is 10.1 Å². The molecule has 4 nitrogen and oxygen atoms in total. The van der Waals surface area contributed by atoms with Gasteiger partial charge >= 0.3 is 0 Å². The molecule has 0 aliphatic carbocycles. The van der Waals surface area contributed by atoms with Crippen molar-refractivity contribution in [2.24, 2.45) is 0 Å². The summed E-state index contributed by atoms with van der Waals surface area (Å²) in [4.78, 5) is 12.4. The van der Waals surface area contributed by atoms with E-state index in [1.807, 2.05) is 42.5 Å². The Hall–Kier alpha value is -2.85. The Morgan fingerprint density at radius 3 is 2.61 bits per heavy atom. The molecule has 0 spiro atoms. The van der Waals surface area contributed by atoms with Crippen LogP contribution in [0.5, 0.6) is 5.75 Å². The molecule has 0 aromatic heterocycles. The second kappa shape index (κ2) is 6.50. The zero-order chi connectivity index (χ0) is 16.2. The zero-order valence-electron chi connectivity index (χ0n) is 12.7. The molecule has 0 radical (unpaired) electrons. The smallest absolute Gasteiger partial charge is 0.257 e. The molecule has 0 aliphatic heterocycles. The highest BCUT2D eigenvalue weighted by Crippen LogP contribution is 2.25. The van der Waals surface area contributed by atoms with E-state index < -0.39 is 12.0 Å². The molecule has 2 N–H and O–H groups in total. The first kappa shape index (κ1) is 15.1. The third kappa shape index (κ3) is 3.17. The van der Waals surface area contributed by atoms with E-state index in [1.165, 1.54) is 0 Å². The number of carbonyl (C=O) groups is 1. The third-order valence-electron chi connectivity index (χ3n) is 3.71. The van der Waals surface area contributed by atoms with Crippen LogP contribution in [0.2, 0.25) is 0 Å². The molecular weight excluding hydrogens is 290 g/mol. The average molecular weight is 307 g/mol. The number of rotatable bonds is 4. The van der Waals surface area contributed by atoms with Gasteiger partial charge in [0.25, 0.3) is 5.91 Å². The Morgan fingerprint density at radius 1 is 1.04 bits per heavy atom. The Kier molecular flexibility index (Phi) is 4.26. The topological polar surface area (TPSA) is 58.6 Å². The summed E-state index contributed by atoms with van der Waals surface area (Å²) in [5.74, 6) is 0.120. The van der Waals surface area contributed by atoms with Gasteiger partial charge in [0.05, 0.1) is 7.11 Å². The number of aliphatic hydroxyl groups excluding tert-OH is 1. The van der Waals surface area contributed by atoms with Crippen molar-refractivity contribution in [1.29, 1.82) is 0 Å². The van der Waals surface area contributed by atoms with Crippen molar-refractivity contribution < 1.29 is 14.6 Å². The van der Waals surface area contributed by atoms with E-state index in [0.717, 1.165) is 10.8 Å². The predicted molar refractivity (Wildman–Crippen MR) is 90.5 cm³/mol. The second-order valence-corrected chi connectivity index (χ2v) is 5.20. The number of anilines is 1. The van der Waals surface area contributed by atoms with Gasteiger partial charge in [-0.25, -0.2) is 0 Å². The van der Waals surface area contributed by atoms with Crippen molar-refractivity contribution in [3.05, 3.63) is 72.3 Å². The fourth-order valence-electron chi connectivity index (χ4n) is 2.50. The zero-order valence-corrected chi connectivity index (χ0v) is 12.7. The van der Waals surface area contributed by atoms with Gasteiger partial charge in [-0.3, -0.25) is 4.79 Å². The maximum absolute atomic E-state index is 12.4. The highest BCUT2D eigenvalue weighted by Gasteiger charge is 2.18. The van der Waals surface area contributed by atoms with E-state index in [4.69, 9.17) is 4.74 Å². The third-order valence-corrected chi connectivity index (χ3v) is 3.71. The SMILES string of the molecule is COc1cccc(C(O)C(=O)Nc2cccc3ccccc23)c1. The van der Waals surface area contributed by atoms with Gasteiger partial charge < -0.3 is 15.2 Å². The Labute approximate surface area is 134 Å². The monoisotopic (exact) mass is 307 g/mol. The molecule has 116 valence electrons. The number of hydrogen-bond acceptors (Lipinski definition) is 3. The van der Waals surface area contributed by atoms with Crippen molar-refractivity contribution in [1.82, 2.24) is 0 Å². The van der Waals surface area contributed by atoms with E-state index in [-0.39, 0.29) is 0 Å². The summed E-state index contributed by atoms with van der Waals surface area (Å²) in [7, 11) is 1.54. The molecule has 0 aliphatic rings. The average Bonchev–Trinajstić information content (AvgIpc) is 2.61. The van der Waals surface area contributed by atoms with Crippen LogP contribution in [0.15, 0.2) is 66.7 Å². The second-order valence-electron chi connectivity index (χ2n) is 5.20. The standard InChI is InChI=1S/C19H17NO3/c1-23-15-9-4-8-14(12-15)18(21)19(22)20-17-11-5-7-13-6-2-3-10-16(13)17/h2-12,18,21H,1H3,(H,20,22). The molecular formula is C19H17NO3. The predicted octanol–water partition coefficient (Wildman–Crippen LogP) is 3.52. The van der Waals surface area contributed by atoms with Gasteiger partial charge in [-0.15, -0.1) is 0 Å². The number of methoxy groups -OCH3 is 1. The summed E-state index contributed by atoms with van der Waals surface area (Å²) < 4.78 is 5.12. The van der Waals surface area contributed by atoms with Crippen LogP contribution >= 0.6 is 0 Å². The van der Waals surface area contributed by atoms with Crippen LogP contribution in [0.3, 0.4) is 0 Å². The van der Waals surface area contributed by atoms with E-state index >= 15 is 0 Å². The molecule has 3 rings (SSSR count). The molecule has 1 unspecified atom stereocenters. The van der Waals surface area contributed by atoms with E-state index in [0.29, 0.717) is 17.0 Å². The molecule has 3 aromatic rings.